The fourth-order valence-electron chi connectivity index (χ4n) is 4.61. The van der Waals surface area contributed by atoms with Gasteiger partial charge in [0.1, 0.15) is 18.4 Å². The summed E-state index contributed by atoms with van der Waals surface area (Å²) >= 11 is 6.25. The Kier molecular flexibility index (Phi) is 10.9. The molecule has 0 radical (unpaired) electrons. The second kappa shape index (κ2) is 14.8. The number of hydrogen-bond donors (Lipinski definition) is 1. The van der Waals surface area contributed by atoms with Crippen molar-refractivity contribution in [2.75, 3.05) is 17.4 Å². The molecule has 4 aromatic carbocycles. The highest BCUT2D eigenvalue weighted by Gasteiger charge is 2.34. The standard InChI is InChI=1S/C33H33ClFN3O4S/c1-2-20-36-33(40)31(22-25-10-5-3-6-11-25)37(23-26-12-9-13-27(34)21-26)32(39)24-38(29-18-16-28(35)17-19-29)43(41,42)30-14-7-4-8-15-30/h3-19,21,31H,2,20,22-24H2,1H3,(H,36,40). The molecule has 1 atom stereocenters. The number of hydrogen-bond acceptors (Lipinski definition) is 4. The summed E-state index contributed by atoms with van der Waals surface area (Å²) in [6, 6.07) is 27.8. The van der Waals surface area contributed by atoms with Crippen LogP contribution in [0.2, 0.25) is 5.02 Å². The van der Waals surface area contributed by atoms with Gasteiger partial charge in [-0.2, -0.15) is 0 Å². The number of carbonyl (C=O) groups excluding carboxylic acids is 2. The quantitative estimate of drug-likeness (QED) is 0.203. The molecule has 4 rings (SSSR count). The number of rotatable bonds is 13. The lowest BCUT2D eigenvalue weighted by Crippen LogP contribution is -2.53. The lowest BCUT2D eigenvalue weighted by Gasteiger charge is -2.34. The Balaban J connectivity index is 1.78. The molecule has 0 saturated carbocycles. The Morgan fingerprint density at radius 1 is 0.860 bits per heavy atom. The zero-order valence-electron chi connectivity index (χ0n) is 23.7. The molecule has 224 valence electrons. The normalized spacial score (nSPS) is 11.9. The maximum Gasteiger partial charge on any atom is 0.264 e. The maximum atomic E-state index is 14.3. The third-order valence-electron chi connectivity index (χ3n) is 6.79. The lowest BCUT2D eigenvalue weighted by molar-refractivity contribution is -0.140. The molecule has 0 aliphatic heterocycles. The topological polar surface area (TPSA) is 86.8 Å². The van der Waals surface area contributed by atoms with Crippen LogP contribution in [0.3, 0.4) is 0 Å². The van der Waals surface area contributed by atoms with E-state index in [0.29, 0.717) is 23.6 Å². The van der Waals surface area contributed by atoms with Crippen LogP contribution in [0.5, 0.6) is 0 Å². The van der Waals surface area contributed by atoms with E-state index in [1.54, 1.807) is 42.5 Å². The van der Waals surface area contributed by atoms with Gasteiger partial charge in [0, 0.05) is 24.5 Å². The summed E-state index contributed by atoms with van der Waals surface area (Å²) in [5.41, 5.74) is 1.60. The summed E-state index contributed by atoms with van der Waals surface area (Å²) in [7, 11) is -4.25. The van der Waals surface area contributed by atoms with Crippen LogP contribution in [-0.4, -0.2) is 44.3 Å². The first kappa shape index (κ1) is 31.7. The third-order valence-corrected chi connectivity index (χ3v) is 8.81. The molecule has 0 aliphatic carbocycles. The minimum atomic E-state index is -4.25. The number of anilines is 1. The zero-order valence-corrected chi connectivity index (χ0v) is 25.3. The molecule has 0 fully saturated rings. The first-order valence-corrected chi connectivity index (χ1v) is 15.7. The predicted octanol–water partition coefficient (Wildman–Crippen LogP) is 5.84. The lowest BCUT2D eigenvalue weighted by atomic mass is 10.0. The Morgan fingerprint density at radius 3 is 2.12 bits per heavy atom. The largest absolute Gasteiger partial charge is 0.354 e. The van der Waals surface area contributed by atoms with E-state index in [-0.39, 0.29) is 29.5 Å². The average Bonchev–Trinajstić information content (AvgIpc) is 3.01. The highest BCUT2D eigenvalue weighted by atomic mass is 35.5. The molecule has 1 N–H and O–H groups in total. The zero-order chi connectivity index (χ0) is 30.8. The number of nitrogens with one attached hydrogen (secondary N) is 1. The smallest absolute Gasteiger partial charge is 0.264 e. The SMILES string of the molecule is CCCNC(=O)C(Cc1ccccc1)N(Cc1cccc(Cl)c1)C(=O)CN(c1ccc(F)cc1)S(=O)(=O)c1ccccc1. The summed E-state index contributed by atoms with van der Waals surface area (Å²) in [4.78, 5) is 29.3. The molecule has 0 bridgehead atoms. The van der Waals surface area contributed by atoms with Crippen molar-refractivity contribution in [1.29, 1.82) is 0 Å². The minimum Gasteiger partial charge on any atom is -0.354 e. The number of benzene rings is 4. The monoisotopic (exact) mass is 621 g/mol. The van der Waals surface area contributed by atoms with Gasteiger partial charge in [-0.3, -0.25) is 13.9 Å². The Morgan fingerprint density at radius 2 is 1.49 bits per heavy atom. The molecule has 0 saturated heterocycles. The van der Waals surface area contributed by atoms with Crippen molar-refractivity contribution in [2.45, 2.75) is 37.2 Å². The van der Waals surface area contributed by atoms with Crippen molar-refractivity contribution in [3.63, 3.8) is 0 Å². The number of nitrogens with zero attached hydrogens (tertiary/aromatic N) is 2. The fraction of sp³-hybridized carbons (Fsp3) is 0.212. The maximum absolute atomic E-state index is 14.3. The van der Waals surface area contributed by atoms with Gasteiger partial charge in [0.15, 0.2) is 0 Å². The summed E-state index contributed by atoms with van der Waals surface area (Å²) < 4.78 is 42.5. The molecule has 0 aliphatic rings. The highest BCUT2D eigenvalue weighted by molar-refractivity contribution is 7.92. The molecule has 10 heteroatoms. The Bertz CT molecular complexity index is 1620. The van der Waals surface area contributed by atoms with E-state index in [0.717, 1.165) is 22.0 Å². The van der Waals surface area contributed by atoms with E-state index < -0.39 is 34.3 Å². The molecule has 0 heterocycles. The van der Waals surface area contributed by atoms with Crippen LogP contribution >= 0.6 is 11.6 Å². The molecule has 2 amide bonds. The average molecular weight is 622 g/mol. The Labute approximate surface area is 257 Å². The van der Waals surface area contributed by atoms with Gasteiger partial charge in [-0.05, 0) is 66.1 Å². The second-order valence-electron chi connectivity index (χ2n) is 9.95. The van der Waals surface area contributed by atoms with Crippen molar-refractivity contribution in [2.24, 2.45) is 0 Å². The Hall–Kier alpha value is -4.21. The van der Waals surface area contributed by atoms with Crippen LogP contribution in [-0.2, 0) is 32.6 Å². The van der Waals surface area contributed by atoms with Gasteiger partial charge in [-0.1, -0.05) is 79.2 Å². The van der Waals surface area contributed by atoms with Crippen LogP contribution < -0.4 is 9.62 Å². The van der Waals surface area contributed by atoms with Crippen LogP contribution in [0.25, 0.3) is 0 Å². The van der Waals surface area contributed by atoms with E-state index in [2.05, 4.69) is 5.32 Å². The fourth-order valence-corrected chi connectivity index (χ4v) is 6.26. The van der Waals surface area contributed by atoms with E-state index in [4.69, 9.17) is 11.6 Å². The van der Waals surface area contributed by atoms with Gasteiger partial charge in [-0.15, -0.1) is 0 Å². The van der Waals surface area contributed by atoms with Gasteiger partial charge in [-0.25, -0.2) is 12.8 Å². The molecule has 1 unspecified atom stereocenters. The summed E-state index contributed by atoms with van der Waals surface area (Å²) in [5, 5.41) is 3.36. The highest BCUT2D eigenvalue weighted by Crippen LogP contribution is 2.25. The van der Waals surface area contributed by atoms with Crippen LogP contribution in [0.4, 0.5) is 10.1 Å². The van der Waals surface area contributed by atoms with Gasteiger partial charge >= 0.3 is 0 Å². The third kappa shape index (κ3) is 8.43. The molecule has 0 aromatic heterocycles. The van der Waals surface area contributed by atoms with E-state index >= 15 is 0 Å². The first-order chi connectivity index (χ1) is 20.7. The van der Waals surface area contributed by atoms with Crippen LogP contribution in [0, 0.1) is 5.82 Å². The van der Waals surface area contributed by atoms with Gasteiger partial charge in [0.25, 0.3) is 10.0 Å². The summed E-state index contributed by atoms with van der Waals surface area (Å²) in [6.07, 6.45) is 0.893. The molecule has 7 nitrogen and oxygen atoms in total. The van der Waals surface area contributed by atoms with Crippen LogP contribution in [0.1, 0.15) is 24.5 Å². The molecule has 0 spiro atoms. The summed E-state index contributed by atoms with van der Waals surface area (Å²) in [6.45, 7) is 1.71. The van der Waals surface area contributed by atoms with Crippen LogP contribution in [0.15, 0.2) is 114 Å². The van der Waals surface area contributed by atoms with E-state index in [1.807, 2.05) is 37.3 Å². The van der Waals surface area contributed by atoms with Gasteiger partial charge in [0.05, 0.1) is 10.6 Å². The van der Waals surface area contributed by atoms with Crippen molar-refractivity contribution >= 4 is 39.1 Å². The van der Waals surface area contributed by atoms with Crippen molar-refractivity contribution in [1.82, 2.24) is 10.2 Å². The molecule has 4 aromatic rings. The first-order valence-electron chi connectivity index (χ1n) is 13.9. The number of sulfonamides is 1. The predicted molar refractivity (Wildman–Crippen MR) is 167 cm³/mol. The van der Waals surface area contributed by atoms with Crippen molar-refractivity contribution < 1.29 is 22.4 Å². The van der Waals surface area contributed by atoms with E-state index in [1.165, 1.54) is 29.2 Å². The molecular weight excluding hydrogens is 589 g/mol. The van der Waals surface area contributed by atoms with Gasteiger partial charge in [0.2, 0.25) is 11.8 Å². The molecular formula is C33H33ClFN3O4S. The van der Waals surface area contributed by atoms with Gasteiger partial charge < -0.3 is 10.2 Å². The van der Waals surface area contributed by atoms with E-state index in [9.17, 15) is 22.4 Å². The minimum absolute atomic E-state index is 0.000912. The summed E-state index contributed by atoms with van der Waals surface area (Å²) in [5.74, 6) is -1.53. The number of amides is 2. The van der Waals surface area contributed by atoms with Crippen molar-refractivity contribution in [3.05, 3.63) is 131 Å². The van der Waals surface area contributed by atoms with Crippen molar-refractivity contribution in [3.8, 4) is 0 Å². The second-order valence-corrected chi connectivity index (χ2v) is 12.2. The molecule has 43 heavy (non-hydrogen) atoms. The number of carbonyl (C=O) groups is 2. The number of halogens is 2.